The Morgan fingerprint density at radius 2 is 1.90 bits per heavy atom. The Morgan fingerprint density at radius 3 is 2.86 bits per heavy atom. The summed E-state index contributed by atoms with van der Waals surface area (Å²) in [5.41, 5.74) is 2.30. The third-order valence-corrected chi connectivity index (χ3v) is 8.22. The van der Waals surface area contributed by atoms with Crippen molar-refractivity contribution in [2.24, 2.45) is 23.7 Å². The number of hydrogen-bond acceptors (Lipinski definition) is 4. The number of anilines is 2. The predicted molar refractivity (Wildman–Crippen MR) is 109 cm³/mol. The highest BCUT2D eigenvalue weighted by Gasteiger charge is 2.65. The van der Waals surface area contributed by atoms with Crippen LogP contribution in [0.2, 0.25) is 0 Å². The molecule has 3 saturated carbocycles. The fraction of sp³-hybridized carbons (Fsp3) is 0.458. The molecule has 2 aromatic rings. The molecule has 0 saturated heterocycles. The Balaban J connectivity index is 1.41. The van der Waals surface area contributed by atoms with Crippen LogP contribution in [0.15, 0.2) is 42.5 Å². The van der Waals surface area contributed by atoms with Crippen molar-refractivity contribution >= 4 is 17.3 Å². The molecule has 1 N–H and O–H groups in total. The molecule has 5 heteroatoms. The maximum Gasteiger partial charge on any atom is 0.262 e. The summed E-state index contributed by atoms with van der Waals surface area (Å²) in [5, 5.41) is 3.90. The van der Waals surface area contributed by atoms with Crippen molar-refractivity contribution in [2.45, 2.75) is 37.8 Å². The number of ether oxygens (including phenoxy) is 2. The molecule has 0 aromatic heterocycles. The van der Waals surface area contributed by atoms with E-state index in [0.29, 0.717) is 5.92 Å². The van der Waals surface area contributed by atoms with Crippen LogP contribution in [0.1, 0.15) is 42.5 Å². The first-order chi connectivity index (χ1) is 14.2. The lowest BCUT2D eigenvalue weighted by molar-refractivity contribution is 0.0887. The van der Waals surface area contributed by atoms with Crippen molar-refractivity contribution < 1.29 is 14.3 Å². The number of rotatable bonds is 1. The monoisotopic (exact) mass is 388 g/mol. The van der Waals surface area contributed by atoms with Crippen LogP contribution in [-0.2, 0) is 0 Å². The molecule has 2 bridgehead atoms. The lowest BCUT2D eigenvalue weighted by Crippen LogP contribution is -2.65. The average Bonchev–Trinajstić information content (AvgIpc) is 3.49. The van der Waals surface area contributed by atoms with E-state index in [-0.39, 0.29) is 18.4 Å². The summed E-state index contributed by atoms with van der Waals surface area (Å²) < 4.78 is 11.1. The van der Waals surface area contributed by atoms with Gasteiger partial charge in [0.15, 0.2) is 11.5 Å². The van der Waals surface area contributed by atoms with E-state index in [0.717, 1.165) is 52.6 Å². The molecule has 5 aliphatic rings. The van der Waals surface area contributed by atoms with Gasteiger partial charge in [-0.2, -0.15) is 0 Å². The molecule has 1 spiro atoms. The molecule has 5 nitrogen and oxygen atoms in total. The Bertz CT molecular complexity index is 1040. The second-order valence-electron chi connectivity index (χ2n) is 9.34. The van der Waals surface area contributed by atoms with Crippen molar-refractivity contribution in [1.82, 2.24) is 0 Å². The predicted octanol–water partition coefficient (Wildman–Crippen LogP) is 4.64. The molecule has 7 rings (SSSR count). The maximum atomic E-state index is 13.9. The molecule has 2 heterocycles. The maximum absolute atomic E-state index is 13.9. The molecule has 3 fully saturated rings. The zero-order valence-electron chi connectivity index (χ0n) is 16.3. The van der Waals surface area contributed by atoms with Gasteiger partial charge in [0.25, 0.3) is 5.91 Å². The summed E-state index contributed by atoms with van der Waals surface area (Å²) in [6, 6.07) is 13.9. The van der Waals surface area contributed by atoms with Crippen molar-refractivity contribution in [3.8, 4) is 11.5 Å². The van der Waals surface area contributed by atoms with Crippen LogP contribution >= 0.6 is 0 Å². The van der Waals surface area contributed by atoms with Crippen LogP contribution in [0.4, 0.5) is 11.4 Å². The zero-order chi connectivity index (χ0) is 19.2. The molecule has 1 amide bonds. The summed E-state index contributed by atoms with van der Waals surface area (Å²) in [6.45, 7) is 0.243. The topological polar surface area (TPSA) is 50.8 Å². The van der Waals surface area contributed by atoms with Crippen molar-refractivity contribution in [2.75, 3.05) is 17.0 Å². The smallest absolute Gasteiger partial charge is 0.262 e. The fourth-order valence-electron chi connectivity index (χ4n) is 7.26. The standard InChI is InChI=1S/C24H24N2O3/c27-23-18-4-1-2-7-20(18)25-24(12-14-10-19(24)17-6-3-5-16(14)17)26(23)15-8-9-21-22(11-15)29-13-28-21/h1-2,4,7-9,11,14,16-17,19,25H,3,5-6,10,12-13H2/t14?,16-,17+,19?,24-/m1/s1. The first kappa shape index (κ1) is 16.1. The molecule has 29 heavy (non-hydrogen) atoms. The van der Waals surface area contributed by atoms with Crippen molar-refractivity contribution in [1.29, 1.82) is 0 Å². The fourth-order valence-corrected chi connectivity index (χ4v) is 7.26. The number of benzene rings is 2. The third kappa shape index (κ3) is 1.98. The van der Waals surface area contributed by atoms with Crippen LogP contribution in [0, 0.1) is 23.7 Å². The number of fused-ring (bicyclic) bond motifs is 8. The summed E-state index contributed by atoms with van der Waals surface area (Å²) in [4.78, 5) is 15.9. The van der Waals surface area contributed by atoms with Gasteiger partial charge in [-0.3, -0.25) is 9.69 Å². The molecule has 3 aliphatic carbocycles. The number of carbonyl (C=O) groups is 1. The van der Waals surface area contributed by atoms with Crippen LogP contribution in [0.5, 0.6) is 11.5 Å². The molecular weight excluding hydrogens is 364 g/mol. The van der Waals surface area contributed by atoms with Gasteiger partial charge < -0.3 is 14.8 Å². The van der Waals surface area contributed by atoms with Crippen molar-refractivity contribution in [3.63, 3.8) is 0 Å². The van der Waals surface area contributed by atoms with Gasteiger partial charge >= 0.3 is 0 Å². The molecule has 5 atom stereocenters. The van der Waals surface area contributed by atoms with Gasteiger partial charge in [-0.1, -0.05) is 18.6 Å². The van der Waals surface area contributed by atoms with Gasteiger partial charge in [0.1, 0.15) is 5.66 Å². The van der Waals surface area contributed by atoms with Gasteiger partial charge in [0.05, 0.1) is 11.3 Å². The highest BCUT2D eigenvalue weighted by atomic mass is 16.7. The Kier molecular flexibility index (Phi) is 3.04. The van der Waals surface area contributed by atoms with E-state index in [4.69, 9.17) is 9.47 Å². The first-order valence-electron chi connectivity index (χ1n) is 10.9. The summed E-state index contributed by atoms with van der Waals surface area (Å²) >= 11 is 0. The SMILES string of the molecule is O=C1c2ccccc2N[C@]2(CC3CC2[C@H]2CCC[C@H]32)N1c1ccc2c(c1)OCO2. The van der Waals surface area contributed by atoms with Gasteiger partial charge in [-0.05, 0) is 67.7 Å². The van der Waals surface area contributed by atoms with E-state index < -0.39 is 0 Å². The lowest BCUT2D eigenvalue weighted by atomic mass is 9.73. The molecule has 0 radical (unpaired) electrons. The Morgan fingerprint density at radius 1 is 1.03 bits per heavy atom. The summed E-state index contributed by atoms with van der Waals surface area (Å²) in [6.07, 6.45) is 6.29. The van der Waals surface area contributed by atoms with Crippen LogP contribution in [-0.4, -0.2) is 18.4 Å². The highest BCUT2D eigenvalue weighted by molar-refractivity contribution is 6.13. The number of para-hydroxylation sites is 1. The van der Waals surface area contributed by atoms with Gasteiger partial charge in [0, 0.05) is 17.7 Å². The third-order valence-electron chi connectivity index (χ3n) is 8.22. The quantitative estimate of drug-likeness (QED) is 0.773. The van der Waals surface area contributed by atoms with Crippen molar-refractivity contribution in [3.05, 3.63) is 48.0 Å². The zero-order valence-corrected chi connectivity index (χ0v) is 16.3. The molecule has 2 unspecified atom stereocenters. The van der Waals surface area contributed by atoms with E-state index in [2.05, 4.69) is 16.3 Å². The summed E-state index contributed by atoms with van der Waals surface area (Å²) in [5.74, 6) is 4.39. The Labute approximate surface area is 170 Å². The van der Waals surface area contributed by atoms with E-state index in [1.54, 1.807) is 0 Å². The van der Waals surface area contributed by atoms with E-state index in [9.17, 15) is 4.79 Å². The number of hydrogen-bond donors (Lipinski definition) is 1. The number of carbonyl (C=O) groups excluding carboxylic acids is 1. The minimum absolute atomic E-state index is 0.0975. The van der Waals surface area contributed by atoms with E-state index >= 15 is 0 Å². The number of amides is 1. The minimum Gasteiger partial charge on any atom is -0.454 e. The molecule has 2 aromatic carbocycles. The molecule has 2 aliphatic heterocycles. The normalized spacial score (nSPS) is 35.7. The van der Waals surface area contributed by atoms with Crippen LogP contribution in [0.3, 0.4) is 0 Å². The number of nitrogens with zero attached hydrogens (tertiary/aromatic N) is 1. The van der Waals surface area contributed by atoms with Gasteiger partial charge in [-0.25, -0.2) is 0 Å². The minimum atomic E-state index is -0.338. The number of nitrogens with one attached hydrogen (secondary N) is 1. The molecular formula is C24H24N2O3. The van der Waals surface area contributed by atoms with E-state index in [1.165, 1.54) is 25.7 Å². The summed E-state index contributed by atoms with van der Waals surface area (Å²) in [7, 11) is 0. The highest BCUT2D eigenvalue weighted by Crippen LogP contribution is 2.65. The van der Waals surface area contributed by atoms with Gasteiger partial charge in [-0.15, -0.1) is 0 Å². The first-order valence-corrected chi connectivity index (χ1v) is 10.9. The van der Waals surface area contributed by atoms with E-state index in [1.807, 2.05) is 36.4 Å². The Hall–Kier alpha value is -2.69. The molecule has 148 valence electrons. The second-order valence-corrected chi connectivity index (χ2v) is 9.34. The largest absolute Gasteiger partial charge is 0.454 e. The lowest BCUT2D eigenvalue weighted by Gasteiger charge is -2.53. The second kappa shape index (κ2) is 5.47. The average molecular weight is 388 g/mol. The van der Waals surface area contributed by atoms with Gasteiger partial charge in [0.2, 0.25) is 6.79 Å². The van der Waals surface area contributed by atoms with Crippen LogP contribution < -0.4 is 19.7 Å². The van der Waals surface area contributed by atoms with Crippen LogP contribution in [0.25, 0.3) is 0 Å².